The number of carbonyl (C=O) groups excluding carboxylic acids is 2. The van der Waals surface area contributed by atoms with Crippen molar-refractivity contribution in [1.82, 2.24) is 24.4 Å². The number of rotatable bonds is 2. The second-order valence-electron chi connectivity index (χ2n) is 7.60. The first-order chi connectivity index (χ1) is 12.4. The molecule has 2 aromatic heterocycles. The van der Waals surface area contributed by atoms with Gasteiger partial charge in [0.1, 0.15) is 5.82 Å². The molecule has 0 N–H and O–H groups in total. The first kappa shape index (κ1) is 16.8. The zero-order valence-corrected chi connectivity index (χ0v) is 15.4. The van der Waals surface area contributed by atoms with E-state index in [0.717, 1.165) is 24.6 Å². The van der Waals surface area contributed by atoms with E-state index in [4.69, 9.17) is 0 Å². The molecule has 4 heterocycles. The number of piperazine rings is 1. The van der Waals surface area contributed by atoms with Crippen LogP contribution in [-0.2, 0) is 9.59 Å². The molecule has 2 aliphatic rings. The molecule has 4 rings (SSSR count). The lowest BCUT2D eigenvalue weighted by Crippen LogP contribution is -2.54. The first-order valence-electron chi connectivity index (χ1n) is 8.99. The smallest absolute Gasteiger partial charge is 0.228 e. The van der Waals surface area contributed by atoms with Gasteiger partial charge in [-0.3, -0.25) is 9.59 Å². The standard InChI is InChI=1S/C18H24N6O2/c1-18(2)13(12-16(25)21(18)3)17(26)23-10-8-22(9-11-23)15-5-4-14-19-6-7-24(14)20-15/h4-7,13H,8-12H2,1-3H3/t13-/m0/s1. The Morgan fingerprint density at radius 3 is 2.58 bits per heavy atom. The third kappa shape index (κ3) is 2.60. The fraction of sp³-hybridized carbons (Fsp3) is 0.556. The molecular formula is C18H24N6O2. The Kier molecular flexibility index (Phi) is 3.86. The van der Waals surface area contributed by atoms with E-state index in [1.807, 2.05) is 37.1 Å². The molecule has 2 aliphatic heterocycles. The molecule has 0 saturated carbocycles. The lowest BCUT2D eigenvalue weighted by atomic mass is 9.87. The average Bonchev–Trinajstić information content (AvgIpc) is 3.19. The first-order valence-corrected chi connectivity index (χ1v) is 8.99. The lowest BCUT2D eigenvalue weighted by molar-refractivity contribution is -0.138. The fourth-order valence-corrected chi connectivity index (χ4v) is 3.86. The summed E-state index contributed by atoms with van der Waals surface area (Å²) in [7, 11) is 1.78. The van der Waals surface area contributed by atoms with Gasteiger partial charge in [-0.2, -0.15) is 0 Å². The van der Waals surface area contributed by atoms with Gasteiger partial charge in [0.05, 0.1) is 5.92 Å². The van der Waals surface area contributed by atoms with E-state index in [1.54, 1.807) is 22.7 Å². The van der Waals surface area contributed by atoms with Crippen LogP contribution < -0.4 is 4.90 Å². The molecule has 0 aromatic carbocycles. The summed E-state index contributed by atoms with van der Waals surface area (Å²) < 4.78 is 1.76. The van der Waals surface area contributed by atoms with Crippen molar-refractivity contribution in [2.24, 2.45) is 5.92 Å². The molecule has 1 atom stereocenters. The van der Waals surface area contributed by atoms with Gasteiger partial charge in [0, 0.05) is 57.6 Å². The maximum absolute atomic E-state index is 13.0. The van der Waals surface area contributed by atoms with Gasteiger partial charge in [-0.05, 0) is 26.0 Å². The lowest BCUT2D eigenvalue weighted by Gasteiger charge is -2.39. The van der Waals surface area contributed by atoms with Crippen LogP contribution in [0.1, 0.15) is 20.3 Å². The van der Waals surface area contributed by atoms with Crippen molar-refractivity contribution < 1.29 is 9.59 Å². The number of hydrogen-bond donors (Lipinski definition) is 0. The minimum Gasteiger partial charge on any atom is -0.352 e. The third-order valence-electron chi connectivity index (χ3n) is 5.92. The maximum atomic E-state index is 13.0. The van der Waals surface area contributed by atoms with Gasteiger partial charge >= 0.3 is 0 Å². The second-order valence-corrected chi connectivity index (χ2v) is 7.60. The van der Waals surface area contributed by atoms with E-state index in [-0.39, 0.29) is 17.7 Å². The number of nitrogens with zero attached hydrogens (tertiary/aromatic N) is 6. The van der Waals surface area contributed by atoms with Gasteiger partial charge in [0.15, 0.2) is 5.65 Å². The Morgan fingerprint density at radius 2 is 1.92 bits per heavy atom. The number of imidazole rings is 1. The Hall–Kier alpha value is -2.64. The summed E-state index contributed by atoms with van der Waals surface area (Å²) in [5.41, 5.74) is 0.388. The van der Waals surface area contributed by atoms with E-state index in [0.29, 0.717) is 19.5 Å². The van der Waals surface area contributed by atoms with Gasteiger partial charge in [0.25, 0.3) is 0 Å². The van der Waals surface area contributed by atoms with E-state index >= 15 is 0 Å². The maximum Gasteiger partial charge on any atom is 0.228 e. The van der Waals surface area contributed by atoms with Gasteiger partial charge in [0.2, 0.25) is 11.8 Å². The molecule has 8 heteroatoms. The topological polar surface area (TPSA) is 74.1 Å². The highest BCUT2D eigenvalue weighted by Gasteiger charge is 2.49. The van der Waals surface area contributed by atoms with Crippen LogP contribution in [0.3, 0.4) is 0 Å². The van der Waals surface area contributed by atoms with Crippen LogP contribution in [0.5, 0.6) is 0 Å². The average molecular weight is 356 g/mol. The zero-order chi connectivity index (χ0) is 18.5. The summed E-state index contributed by atoms with van der Waals surface area (Å²) in [6, 6.07) is 3.91. The predicted octanol–water partition coefficient (Wildman–Crippen LogP) is 0.635. The predicted molar refractivity (Wildman–Crippen MR) is 96.7 cm³/mol. The van der Waals surface area contributed by atoms with Crippen molar-refractivity contribution in [3.63, 3.8) is 0 Å². The highest BCUT2D eigenvalue weighted by Crippen LogP contribution is 2.35. The van der Waals surface area contributed by atoms with Gasteiger partial charge < -0.3 is 14.7 Å². The Morgan fingerprint density at radius 1 is 1.19 bits per heavy atom. The van der Waals surface area contributed by atoms with E-state index in [1.165, 1.54) is 0 Å². The summed E-state index contributed by atoms with van der Waals surface area (Å²) in [6.45, 7) is 6.70. The highest BCUT2D eigenvalue weighted by molar-refractivity contribution is 5.91. The number of carbonyl (C=O) groups is 2. The summed E-state index contributed by atoms with van der Waals surface area (Å²) in [4.78, 5) is 35.0. The van der Waals surface area contributed by atoms with Crippen LogP contribution in [0.2, 0.25) is 0 Å². The molecule has 8 nitrogen and oxygen atoms in total. The largest absolute Gasteiger partial charge is 0.352 e. The number of amides is 2. The summed E-state index contributed by atoms with van der Waals surface area (Å²) in [5.74, 6) is 0.751. The highest BCUT2D eigenvalue weighted by atomic mass is 16.2. The van der Waals surface area contributed by atoms with Gasteiger partial charge in [-0.25, -0.2) is 9.50 Å². The van der Waals surface area contributed by atoms with Crippen LogP contribution in [0.4, 0.5) is 5.82 Å². The fourth-order valence-electron chi connectivity index (χ4n) is 3.86. The third-order valence-corrected chi connectivity index (χ3v) is 5.92. The molecule has 2 aromatic rings. The number of likely N-dealkylation sites (tertiary alicyclic amines) is 1. The van der Waals surface area contributed by atoms with Crippen molar-refractivity contribution in [2.75, 3.05) is 38.1 Å². The zero-order valence-electron chi connectivity index (χ0n) is 15.4. The van der Waals surface area contributed by atoms with Crippen molar-refractivity contribution in [1.29, 1.82) is 0 Å². The molecule has 0 spiro atoms. The Balaban J connectivity index is 1.43. The number of aromatic nitrogens is 3. The Bertz CT molecular complexity index is 852. The number of fused-ring (bicyclic) bond motifs is 1. The summed E-state index contributed by atoms with van der Waals surface area (Å²) >= 11 is 0. The van der Waals surface area contributed by atoms with Crippen molar-refractivity contribution in [3.05, 3.63) is 24.5 Å². The van der Waals surface area contributed by atoms with Gasteiger partial charge in [-0.15, -0.1) is 5.10 Å². The molecular weight excluding hydrogens is 332 g/mol. The molecule has 0 unspecified atom stereocenters. The van der Waals surface area contributed by atoms with Crippen LogP contribution in [0.15, 0.2) is 24.5 Å². The van der Waals surface area contributed by atoms with E-state index in [9.17, 15) is 9.59 Å². The SMILES string of the molecule is CN1C(=O)C[C@@H](C(=O)N2CCN(c3ccc4nccn4n3)CC2)C1(C)C. The minimum atomic E-state index is -0.431. The Labute approximate surface area is 152 Å². The number of hydrogen-bond acceptors (Lipinski definition) is 5. The number of anilines is 1. The van der Waals surface area contributed by atoms with Crippen LogP contribution >= 0.6 is 0 Å². The normalized spacial score (nSPS) is 23.1. The molecule has 2 amide bonds. The van der Waals surface area contributed by atoms with Crippen LogP contribution in [-0.4, -0.2) is 75.0 Å². The second kappa shape index (κ2) is 5.96. The van der Waals surface area contributed by atoms with Crippen LogP contribution in [0, 0.1) is 5.92 Å². The van der Waals surface area contributed by atoms with E-state index < -0.39 is 5.54 Å². The molecule has 2 saturated heterocycles. The van der Waals surface area contributed by atoms with Crippen LogP contribution in [0.25, 0.3) is 5.65 Å². The molecule has 0 radical (unpaired) electrons. The van der Waals surface area contributed by atoms with Gasteiger partial charge in [-0.1, -0.05) is 0 Å². The molecule has 0 bridgehead atoms. The van der Waals surface area contributed by atoms with Crippen molar-refractivity contribution >= 4 is 23.3 Å². The summed E-state index contributed by atoms with van der Waals surface area (Å²) in [5, 5.41) is 4.57. The monoisotopic (exact) mass is 356 g/mol. The van der Waals surface area contributed by atoms with E-state index in [2.05, 4.69) is 15.0 Å². The quantitative estimate of drug-likeness (QED) is 0.789. The molecule has 0 aliphatic carbocycles. The minimum absolute atomic E-state index is 0.0461. The molecule has 2 fully saturated rings. The van der Waals surface area contributed by atoms with Crippen molar-refractivity contribution in [3.8, 4) is 0 Å². The molecule has 26 heavy (non-hydrogen) atoms. The summed E-state index contributed by atoms with van der Waals surface area (Å²) in [6.07, 6.45) is 3.86. The molecule has 138 valence electrons. The van der Waals surface area contributed by atoms with Crippen molar-refractivity contribution in [2.45, 2.75) is 25.8 Å².